The molecular weight excluding hydrogens is 384 g/mol. The first kappa shape index (κ1) is 16.5. The molecule has 4 nitrogen and oxygen atoms in total. The van der Waals surface area contributed by atoms with Gasteiger partial charge in [0.05, 0.1) is 5.25 Å². The molecule has 2 heterocycles. The molecule has 3 atom stereocenters. The first-order chi connectivity index (χ1) is 10.6. The summed E-state index contributed by atoms with van der Waals surface area (Å²) in [6.45, 7) is 1.14. The Hall–Kier alpha value is -0.370. The molecule has 3 rings (SSSR count). The zero-order valence-corrected chi connectivity index (χ0v) is 15.5. The van der Waals surface area contributed by atoms with Gasteiger partial charge in [-0.25, -0.2) is 4.79 Å². The molecule has 7 heteroatoms. The average Bonchev–Trinajstić information content (AvgIpc) is 3.10. The van der Waals surface area contributed by atoms with Crippen molar-refractivity contribution >= 4 is 49.3 Å². The Balaban J connectivity index is 1.57. The highest BCUT2D eigenvalue weighted by Crippen LogP contribution is 2.44. The Morgan fingerprint density at radius 1 is 1.41 bits per heavy atom. The lowest BCUT2D eigenvalue weighted by Crippen LogP contribution is -2.42. The average molecular weight is 403 g/mol. The third kappa shape index (κ3) is 3.93. The van der Waals surface area contributed by atoms with Crippen LogP contribution in [-0.4, -0.2) is 47.7 Å². The third-order valence-corrected chi connectivity index (χ3v) is 7.54. The van der Waals surface area contributed by atoms with Gasteiger partial charge in [-0.05, 0) is 50.7 Å². The first-order valence-corrected chi connectivity index (χ1v) is 10.5. The van der Waals surface area contributed by atoms with E-state index in [9.17, 15) is 4.79 Å². The van der Waals surface area contributed by atoms with Crippen molar-refractivity contribution in [1.29, 1.82) is 0 Å². The monoisotopic (exact) mass is 402 g/mol. The summed E-state index contributed by atoms with van der Waals surface area (Å²) < 4.78 is 6.67. The Morgan fingerprint density at radius 2 is 2.18 bits per heavy atom. The highest BCUT2D eigenvalue weighted by atomic mass is 79.9. The fourth-order valence-electron chi connectivity index (χ4n) is 2.92. The highest BCUT2D eigenvalue weighted by Gasteiger charge is 2.41. The summed E-state index contributed by atoms with van der Waals surface area (Å²) in [5.41, 5.74) is 0.751. The number of nitrogens with zero attached hydrogens (tertiary/aromatic N) is 1. The molecule has 1 aromatic carbocycles. The van der Waals surface area contributed by atoms with E-state index in [-0.39, 0.29) is 12.2 Å². The minimum Gasteiger partial charge on any atom is -0.444 e. The van der Waals surface area contributed by atoms with Gasteiger partial charge in [-0.15, -0.1) is 0 Å². The van der Waals surface area contributed by atoms with Gasteiger partial charge in [0.1, 0.15) is 6.10 Å². The Morgan fingerprint density at radius 3 is 2.86 bits per heavy atom. The van der Waals surface area contributed by atoms with Crippen molar-refractivity contribution in [2.75, 3.05) is 24.7 Å². The number of likely N-dealkylation sites (tertiary alicyclic amines) is 1. The van der Waals surface area contributed by atoms with Gasteiger partial charge in [-0.2, -0.15) is 0 Å². The maximum Gasteiger partial charge on any atom is 0.411 e. The van der Waals surface area contributed by atoms with E-state index in [0.717, 1.165) is 22.5 Å². The molecule has 0 radical (unpaired) electrons. The van der Waals surface area contributed by atoms with Crippen LogP contribution in [0.5, 0.6) is 0 Å². The molecule has 2 aliphatic rings. The minimum absolute atomic E-state index is 0.0176. The topological polar surface area (TPSA) is 41.6 Å². The van der Waals surface area contributed by atoms with E-state index in [0.29, 0.717) is 11.3 Å². The second kappa shape index (κ2) is 7.47. The van der Waals surface area contributed by atoms with Crippen LogP contribution in [0.15, 0.2) is 28.7 Å². The first-order valence-electron chi connectivity index (χ1n) is 7.35. The second-order valence-corrected chi connectivity index (χ2v) is 9.12. The van der Waals surface area contributed by atoms with E-state index in [2.05, 4.69) is 33.2 Å². The van der Waals surface area contributed by atoms with Crippen molar-refractivity contribution in [2.24, 2.45) is 0 Å². The van der Waals surface area contributed by atoms with E-state index in [1.807, 2.05) is 45.9 Å². The van der Waals surface area contributed by atoms with Crippen LogP contribution in [-0.2, 0) is 4.74 Å². The quantitative estimate of drug-likeness (QED) is 0.766. The third-order valence-electron chi connectivity index (χ3n) is 4.08. The molecule has 2 fully saturated rings. The summed E-state index contributed by atoms with van der Waals surface area (Å²) in [6, 6.07) is 8.02. The van der Waals surface area contributed by atoms with Gasteiger partial charge < -0.3 is 9.64 Å². The van der Waals surface area contributed by atoms with Crippen LogP contribution in [0, 0.1) is 0 Å². The maximum absolute atomic E-state index is 12.1. The predicted molar refractivity (Wildman–Crippen MR) is 97.5 cm³/mol. The number of amides is 1. The number of nitrogens with one attached hydrogen (secondary N) is 1. The molecule has 0 aliphatic carbocycles. The number of hydrogen-bond donors (Lipinski definition) is 1. The Kier molecular flexibility index (Phi) is 5.60. The van der Waals surface area contributed by atoms with Crippen molar-refractivity contribution in [3.63, 3.8) is 0 Å². The molecule has 2 aliphatic heterocycles. The standard InChI is InChI=1S/C15H19BrN2O2S2/c1-18-8-2-3-12(18)14-13(9-21-22-14)20-15(19)17-11-6-4-10(16)5-7-11/h4-7,12-14H,2-3,8-9H2,1H3,(H,17,19)/t12-,13+,14+/m0/s1. The van der Waals surface area contributed by atoms with Crippen LogP contribution in [0.3, 0.4) is 0 Å². The summed E-state index contributed by atoms with van der Waals surface area (Å²) in [6.07, 6.45) is 2.06. The van der Waals surface area contributed by atoms with Gasteiger partial charge in [0.25, 0.3) is 0 Å². The zero-order chi connectivity index (χ0) is 15.5. The Bertz CT molecular complexity index is 529. The number of rotatable bonds is 3. The SMILES string of the molecule is CN1CCC[C@H]1[C@H]1SSC[C@H]1OC(=O)Nc1ccc(Br)cc1. The number of hydrogen-bond acceptors (Lipinski definition) is 5. The molecule has 120 valence electrons. The maximum atomic E-state index is 12.1. The van der Waals surface area contributed by atoms with E-state index in [1.54, 1.807) is 0 Å². The molecule has 0 unspecified atom stereocenters. The van der Waals surface area contributed by atoms with Crippen LogP contribution in [0.2, 0.25) is 0 Å². The van der Waals surface area contributed by atoms with E-state index >= 15 is 0 Å². The smallest absolute Gasteiger partial charge is 0.411 e. The molecule has 1 N–H and O–H groups in total. The largest absolute Gasteiger partial charge is 0.444 e. The van der Waals surface area contributed by atoms with Gasteiger partial charge in [0.15, 0.2) is 0 Å². The number of carbonyl (C=O) groups excluding carboxylic acids is 1. The lowest BCUT2D eigenvalue weighted by atomic mass is 10.1. The molecule has 0 spiro atoms. The summed E-state index contributed by atoms with van der Waals surface area (Å²) in [7, 11) is 5.84. The second-order valence-electron chi connectivity index (χ2n) is 5.61. The fraction of sp³-hybridized carbons (Fsp3) is 0.533. The van der Waals surface area contributed by atoms with Gasteiger partial charge in [0, 0.05) is 22.0 Å². The summed E-state index contributed by atoms with van der Waals surface area (Å²) in [5.74, 6) is 0.868. The van der Waals surface area contributed by atoms with Gasteiger partial charge in [0.2, 0.25) is 0 Å². The summed E-state index contributed by atoms with van der Waals surface area (Å²) >= 11 is 3.38. The van der Waals surface area contributed by atoms with Crippen molar-refractivity contribution in [3.8, 4) is 0 Å². The molecule has 22 heavy (non-hydrogen) atoms. The molecule has 0 bridgehead atoms. The molecule has 1 aromatic rings. The number of anilines is 1. The van der Waals surface area contributed by atoms with Crippen molar-refractivity contribution in [2.45, 2.75) is 30.2 Å². The van der Waals surface area contributed by atoms with Crippen LogP contribution in [0.1, 0.15) is 12.8 Å². The minimum atomic E-state index is -0.360. The van der Waals surface area contributed by atoms with Crippen LogP contribution in [0.4, 0.5) is 10.5 Å². The summed E-state index contributed by atoms with van der Waals surface area (Å²) in [4.78, 5) is 14.5. The van der Waals surface area contributed by atoms with Gasteiger partial charge in [-0.3, -0.25) is 5.32 Å². The Labute approximate surface area is 147 Å². The summed E-state index contributed by atoms with van der Waals surface area (Å²) in [5, 5.41) is 3.17. The van der Waals surface area contributed by atoms with Crippen molar-refractivity contribution < 1.29 is 9.53 Å². The van der Waals surface area contributed by atoms with Gasteiger partial charge in [-0.1, -0.05) is 37.5 Å². The lowest BCUT2D eigenvalue weighted by molar-refractivity contribution is 0.108. The van der Waals surface area contributed by atoms with E-state index in [1.165, 1.54) is 12.8 Å². The number of ether oxygens (including phenoxy) is 1. The van der Waals surface area contributed by atoms with E-state index < -0.39 is 0 Å². The zero-order valence-electron chi connectivity index (χ0n) is 12.3. The predicted octanol–water partition coefficient (Wildman–Crippen LogP) is 4.22. The fourth-order valence-corrected chi connectivity index (χ4v) is 6.57. The van der Waals surface area contributed by atoms with E-state index in [4.69, 9.17) is 4.74 Å². The molecule has 2 saturated heterocycles. The molecule has 1 amide bonds. The number of carbonyl (C=O) groups is 1. The van der Waals surface area contributed by atoms with Gasteiger partial charge >= 0.3 is 6.09 Å². The highest BCUT2D eigenvalue weighted by molar-refractivity contribution is 9.10. The van der Waals surface area contributed by atoms with Crippen molar-refractivity contribution in [3.05, 3.63) is 28.7 Å². The number of benzene rings is 1. The van der Waals surface area contributed by atoms with Crippen molar-refractivity contribution in [1.82, 2.24) is 4.90 Å². The lowest BCUT2D eigenvalue weighted by Gasteiger charge is -2.28. The van der Waals surface area contributed by atoms with Crippen LogP contribution in [0.25, 0.3) is 0 Å². The van der Waals surface area contributed by atoms with Crippen LogP contribution >= 0.6 is 37.5 Å². The molecule has 0 saturated carbocycles. The number of halogens is 1. The van der Waals surface area contributed by atoms with Crippen LogP contribution < -0.4 is 5.32 Å². The molecule has 0 aromatic heterocycles. The molecular formula is C15H19BrN2O2S2. The normalized spacial score (nSPS) is 28.7.